The highest BCUT2D eigenvalue weighted by molar-refractivity contribution is 5.86. The number of pyridine rings is 1. The lowest BCUT2D eigenvalue weighted by Crippen LogP contribution is -2.17. The number of aromatic carboxylic acids is 1. The van der Waals surface area contributed by atoms with E-state index in [9.17, 15) is 26.7 Å². The fraction of sp³-hybridized carbons (Fsp3) is 0.222. The normalized spacial score (nSPS) is 11.4. The number of alkyl halides is 5. The zero-order chi connectivity index (χ0) is 14.1. The molecule has 0 spiro atoms. The van der Waals surface area contributed by atoms with Gasteiger partial charge >= 0.3 is 12.1 Å². The van der Waals surface area contributed by atoms with E-state index < -0.39 is 41.1 Å². The molecule has 0 unspecified atom stereocenters. The van der Waals surface area contributed by atoms with Crippen molar-refractivity contribution in [3.63, 3.8) is 0 Å². The van der Waals surface area contributed by atoms with Crippen LogP contribution in [0, 0.1) is 11.3 Å². The van der Waals surface area contributed by atoms with Crippen molar-refractivity contribution in [3.05, 3.63) is 28.6 Å². The number of carboxylic acids is 1. The zero-order valence-electron chi connectivity index (χ0n) is 8.29. The van der Waals surface area contributed by atoms with E-state index in [-0.39, 0.29) is 0 Å². The summed E-state index contributed by atoms with van der Waals surface area (Å²) >= 11 is 0. The topological polar surface area (TPSA) is 74.0 Å². The van der Waals surface area contributed by atoms with Gasteiger partial charge in [-0.25, -0.2) is 18.6 Å². The van der Waals surface area contributed by atoms with Crippen LogP contribution in [0.2, 0.25) is 0 Å². The Bertz CT molecular complexity index is 533. The molecule has 0 bridgehead atoms. The first-order valence-electron chi connectivity index (χ1n) is 4.22. The second-order valence-electron chi connectivity index (χ2n) is 3.03. The van der Waals surface area contributed by atoms with E-state index in [0.29, 0.717) is 6.07 Å². The maximum atomic E-state index is 12.5. The predicted molar refractivity (Wildman–Crippen MR) is 45.9 cm³/mol. The number of nitriles is 1. The molecule has 1 rings (SSSR count). The summed E-state index contributed by atoms with van der Waals surface area (Å²) in [5, 5.41) is 17.0. The van der Waals surface area contributed by atoms with E-state index in [1.54, 1.807) is 0 Å². The highest BCUT2D eigenvalue weighted by Gasteiger charge is 2.40. The van der Waals surface area contributed by atoms with Crippen molar-refractivity contribution in [1.29, 1.82) is 5.26 Å². The SMILES string of the molecule is N#Cc1cc(C(=O)O)nc(C(F)(F)F)c1C(F)F. The van der Waals surface area contributed by atoms with Crippen molar-refractivity contribution in [3.8, 4) is 6.07 Å². The third-order valence-electron chi connectivity index (χ3n) is 1.88. The van der Waals surface area contributed by atoms with Gasteiger partial charge in [-0.3, -0.25) is 0 Å². The van der Waals surface area contributed by atoms with Crippen molar-refractivity contribution in [2.24, 2.45) is 0 Å². The van der Waals surface area contributed by atoms with E-state index in [0.717, 1.165) is 6.07 Å². The van der Waals surface area contributed by atoms with Crippen LogP contribution >= 0.6 is 0 Å². The van der Waals surface area contributed by atoms with Gasteiger partial charge < -0.3 is 5.11 Å². The standard InChI is InChI=1S/C9H3F5N2O2/c10-7(11)5-3(2-15)1-4(8(17)18)16-6(5)9(12,13)14/h1,7H,(H,17,18). The van der Waals surface area contributed by atoms with Gasteiger partial charge in [-0.2, -0.15) is 18.4 Å². The molecular formula is C9H3F5N2O2. The second kappa shape index (κ2) is 4.56. The summed E-state index contributed by atoms with van der Waals surface area (Å²) in [5.41, 5.74) is -5.86. The molecule has 0 aliphatic carbocycles. The van der Waals surface area contributed by atoms with Crippen LogP contribution in [-0.2, 0) is 6.18 Å². The van der Waals surface area contributed by atoms with E-state index in [4.69, 9.17) is 10.4 Å². The summed E-state index contributed by atoms with van der Waals surface area (Å²) in [7, 11) is 0. The van der Waals surface area contributed by atoms with Gasteiger partial charge in [0, 0.05) is 0 Å². The maximum absolute atomic E-state index is 12.5. The Balaban J connectivity index is 3.70. The predicted octanol–water partition coefficient (Wildman–Crippen LogP) is 2.61. The Morgan fingerprint density at radius 1 is 1.44 bits per heavy atom. The minimum atomic E-state index is -5.27. The smallest absolute Gasteiger partial charge is 0.433 e. The molecule has 1 N–H and O–H groups in total. The fourth-order valence-electron chi connectivity index (χ4n) is 1.19. The van der Waals surface area contributed by atoms with Gasteiger partial charge in [0.1, 0.15) is 5.69 Å². The first kappa shape index (κ1) is 13.8. The van der Waals surface area contributed by atoms with Crippen LogP contribution in [-0.4, -0.2) is 16.1 Å². The van der Waals surface area contributed by atoms with Crippen LogP contribution < -0.4 is 0 Å². The minimum Gasteiger partial charge on any atom is -0.477 e. The number of nitrogens with zero attached hydrogens (tertiary/aromatic N) is 2. The lowest BCUT2D eigenvalue weighted by atomic mass is 10.1. The highest BCUT2D eigenvalue weighted by Crippen LogP contribution is 2.36. The third kappa shape index (κ3) is 2.53. The Labute approximate surface area is 96.3 Å². The summed E-state index contributed by atoms with van der Waals surface area (Å²) in [4.78, 5) is 13.1. The van der Waals surface area contributed by atoms with E-state index >= 15 is 0 Å². The molecular weight excluding hydrogens is 263 g/mol. The first-order chi connectivity index (χ1) is 8.18. The molecule has 9 heteroatoms. The van der Waals surface area contributed by atoms with Crippen LogP contribution in [0.4, 0.5) is 22.0 Å². The second-order valence-corrected chi connectivity index (χ2v) is 3.03. The number of carbonyl (C=O) groups is 1. The summed E-state index contributed by atoms with van der Waals surface area (Å²) < 4.78 is 62.4. The zero-order valence-corrected chi connectivity index (χ0v) is 8.29. The maximum Gasteiger partial charge on any atom is 0.433 e. The van der Waals surface area contributed by atoms with Crippen LogP contribution in [0.3, 0.4) is 0 Å². The van der Waals surface area contributed by atoms with Gasteiger partial charge in [-0.1, -0.05) is 0 Å². The molecule has 0 aliphatic rings. The molecule has 96 valence electrons. The average Bonchev–Trinajstić information content (AvgIpc) is 2.25. The summed E-state index contributed by atoms with van der Waals surface area (Å²) in [6.45, 7) is 0. The Hall–Kier alpha value is -2.24. The van der Waals surface area contributed by atoms with Gasteiger partial charge in [0.25, 0.3) is 6.43 Å². The summed E-state index contributed by atoms with van der Waals surface area (Å²) in [6, 6.07) is 1.48. The molecule has 0 saturated heterocycles. The Morgan fingerprint density at radius 2 is 2.00 bits per heavy atom. The summed E-state index contributed by atoms with van der Waals surface area (Å²) in [5.74, 6) is -1.85. The summed E-state index contributed by atoms with van der Waals surface area (Å²) in [6.07, 6.45) is -8.87. The highest BCUT2D eigenvalue weighted by atomic mass is 19.4. The van der Waals surface area contributed by atoms with E-state index in [1.165, 1.54) is 0 Å². The lowest BCUT2D eigenvalue weighted by molar-refractivity contribution is -0.143. The van der Waals surface area contributed by atoms with Crippen LogP contribution in [0.25, 0.3) is 0 Å². The number of halogens is 5. The lowest BCUT2D eigenvalue weighted by Gasteiger charge is -2.13. The van der Waals surface area contributed by atoms with E-state index in [1.807, 2.05) is 0 Å². The van der Waals surface area contributed by atoms with Crippen LogP contribution in [0.15, 0.2) is 6.07 Å². The number of rotatable bonds is 2. The Kier molecular flexibility index (Phi) is 3.50. The average molecular weight is 266 g/mol. The molecule has 0 amide bonds. The molecule has 0 fully saturated rings. The molecule has 0 aliphatic heterocycles. The van der Waals surface area contributed by atoms with Gasteiger partial charge in [0.05, 0.1) is 17.2 Å². The van der Waals surface area contributed by atoms with Crippen LogP contribution in [0.5, 0.6) is 0 Å². The fourth-order valence-corrected chi connectivity index (χ4v) is 1.19. The van der Waals surface area contributed by atoms with Crippen molar-refractivity contribution in [1.82, 2.24) is 4.98 Å². The minimum absolute atomic E-state index is 0.374. The van der Waals surface area contributed by atoms with Crippen molar-refractivity contribution >= 4 is 5.97 Å². The number of hydrogen-bond acceptors (Lipinski definition) is 3. The van der Waals surface area contributed by atoms with Gasteiger partial charge in [-0.05, 0) is 6.07 Å². The number of carboxylic acid groups (broad SMARTS) is 1. The largest absolute Gasteiger partial charge is 0.477 e. The molecule has 1 aromatic heterocycles. The molecule has 0 saturated carbocycles. The molecule has 0 atom stereocenters. The van der Waals surface area contributed by atoms with Crippen molar-refractivity contribution in [2.75, 3.05) is 0 Å². The molecule has 18 heavy (non-hydrogen) atoms. The molecule has 1 heterocycles. The Morgan fingerprint density at radius 3 is 2.33 bits per heavy atom. The molecule has 4 nitrogen and oxygen atoms in total. The van der Waals surface area contributed by atoms with Crippen LogP contribution in [0.1, 0.15) is 33.7 Å². The van der Waals surface area contributed by atoms with Gasteiger partial charge in [0.2, 0.25) is 0 Å². The van der Waals surface area contributed by atoms with Crippen molar-refractivity contribution < 1.29 is 31.9 Å². The van der Waals surface area contributed by atoms with Gasteiger partial charge in [0.15, 0.2) is 5.69 Å². The monoisotopic (exact) mass is 266 g/mol. The van der Waals surface area contributed by atoms with Gasteiger partial charge in [-0.15, -0.1) is 0 Å². The first-order valence-corrected chi connectivity index (χ1v) is 4.22. The molecule has 0 aromatic carbocycles. The third-order valence-corrected chi connectivity index (χ3v) is 1.88. The molecule has 1 aromatic rings. The number of aromatic nitrogens is 1. The van der Waals surface area contributed by atoms with E-state index in [2.05, 4.69) is 4.98 Å². The number of hydrogen-bond donors (Lipinski definition) is 1. The van der Waals surface area contributed by atoms with Crippen molar-refractivity contribution in [2.45, 2.75) is 12.6 Å². The quantitative estimate of drug-likeness (QED) is 0.835. The molecule has 0 radical (unpaired) electrons.